The van der Waals surface area contributed by atoms with Crippen molar-refractivity contribution in [1.29, 1.82) is 0 Å². The molecule has 3 aliphatic heterocycles. The van der Waals surface area contributed by atoms with Crippen LogP contribution in [0.4, 0.5) is 10.5 Å². The number of piperazine rings is 1. The number of ether oxygens (including phenoxy) is 3. The number of carbonyl (C=O) groups excluding carboxylic acids is 1. The summed E-state index contributed by atoms with van der Waals surface area (Å²) in [6, 6.07) is 8.81. The van der Waals surface area contributed by atoms with E-state index in [0.717, 1.165) is 72.2 Å². The van der Waals surface area contributed by atoms with E-state index in [1.165, 1.54) is 11.3 Å². The number of benzene rings is 1. The minimum atomic E-state index is -0.440. The van der Waals surface area contributed by atoms with Crippen LogP contribution in [0.25, 0.3) is 0 Å². The lowest BCUT2D eigenvalue weighted by Crippen LogP contribution is -2.50. The van der Waals surface area contributed by atoms with Crippen LogP contribution in [0.1, 0.15) is 33.8 Å². The largest absolute Gasteiger partial charge is 0.444 e. The molecular formula is C25H44N4O4. The zero-order valence-corrected chi connectivity index (χ0v) is 20.0. The SMILES string of the molecule is C.C1COCCN1.CC(C)(C)OC(=O)N1CCN(c2ccc(CN3CCOCC3)cc2)CC1. The molecule has 0 aliphatic carbocycles. The van der Waals surface area contributed by atoms with Crippen LogP contribution < -0.4 is 10.2 Å². The van der Waals surface area contributed by atoms with Crippen molar-refractivity contribution in [3.05, 3.63) is 29.8 Å². The summed E-state index contributed by atoms with van der Waals surface area (Å²) in [5.41, 5.74) is 2.12. The zero-order valence-electron chi connectivity index (χ0n) is 20.0. The summed E-state index contributed by atoms with van der Waals surface area (Å²) < 4.78 is 15.9. The molecule has 3 saturated heterocycles. The predicted molar refractivity (Wildman–Crippen MR) is 133 cm³/mol. The molecule has 1 N–H and O–H groups in total. The van der Waals surface area contributed by atoms with Crippen molar-refractivity contribution in [2.75, 3.05) is 83.7 Å². The molecule has 3 fully saturated rings. The van der Waals surface area contributed by atoms with E-state index >= 15 is 0 Å². The van der Waals surface area contributed by atoms with E-state index in [4.69, 9.17) is 14.2 Å². The highest BCUT2D eigenvalue weighted by molar-refractivity contribution is 5.68. The normalized spacial score (nSPS) is 19.7. The number of carbonyl (C=O) groups is 1. The second kappa shape index (κ2) is 13.7. The number of anilines is 1. The molecule has 188 valence electrons. The fourth-order valence-electron chi connectivity index (χ4n) is 3.82. The fourth-order valence-corrected chi connectivity index (χ4v) is 3.82. The predicted octanol–water partition coefficient (Wildman–Crippen LogP) is 2.82. The van der Waals surface area contributed by atoms with E-state index < -0.39 is 5.60 Å². The third-order valence-corrected chi connectivity index (χ3v) is 5.59. The smallest absolute Gasteiger partial charge is 0.410 e. The van der Waals surface area contributed by atoms with Gasteiger partial charge in [0.05, 0.1) is 26.4 Å². The second-order valence-corrected chi connectivity index (χ2v) is 9.37. The van der Waals surface area contributed by atoms with Gasteiger partial charge in [0.15, 0.2) is 0 Å². The first-order chi connectivity index (χ1) is 15.4. The summed E-state index contributed by atoms with van der Waals surface area (Å²) in [6.07, 6.45) is -0.210. The van der Waals surface area contributed by atoms with Crippen LogP contribution >= 0.6 is 0 Å². The Morgan fingerprint density at radius 2 is 1.48 bits per heavy atom. The molecular weight excluding hydrogens is 420 g/mol. The number of hydrogen-bond acceptors (Lipinski definition) is 7. The molecule has 0 aromatic heterocycles. The van der Waals surface area contributed by atoms with Gasteiger partial charge in [0.2, 0.25) is 0 Å². The lowest BCUT2D eigenvalue weighted by molar-refractivity contribution is 0.0240. The number of nitrogens with one attached hydrogen (secondary N) is 1. The number of amides is 1. The molecule has 8 heteroatoms. The number of hydrogen-bond donors (Lipinski definition) is 1. The summed E-state index contributed by atoms with van der Waals surface area (Å²) in [4.78, 5) is 18.7. The average molecular weight is 465 g/mol. The van der Waals surface area contributed by atoms with Crippen molar-refractivity contribution in [2.24, 2.45) is 0 Å². The minimum absolute atomic E-state index is 0. The van der Waals surface area contributed by atoms with E-state index in [1.807, 2.05) is 20.8 Å². The van der Waals surface area contributed by atoms with Gasteiger partial charge in [-0.2, -0.15) is 0 Å². The summed E-state index contributed by atoms with van der Waals surface area (Å²) in [7, 11) is 0. The molecule has 3 heterocycles. The van der Waals surface area contributed by atoms with Gasteiger partial charge < -0.3 is 29.3 Å². The Morgan fingerprint density at radius 3 is 1.97 bits per heavy atom. The Labute approximate surface area is 200 Å². The maximum absolute atomic E-state index is 12.2. The lowest BCUT2D eigenvalue weighted by atomic mass is 10.1. The lowest BCUT2D eigenvalue weighted by Gasteiger charge is -2.36. The van der Waals surface area contributed by atoms with Crippen LogP contribution in [-0.4, -0.2) is 100 Å². The van der Waals surface area contributed by atoms with E-state index in [0.29, 0.717) is 13.1 Å². The second-order valence-electron chi connectivity index (χ2n) is 9.37. The van der Waals surface area contributed by atoms with E-state index in [-0.39, 0.29) is 13.5 Å². The topological polar surface area (TPSA) is 66.5 Å². The molecule has 1 amide bonds. The van der Waals surface area contributed by atoms with Crippen LogP contribution in [-0.2, 0) is 20.8 Å². The Hall–Kier alpha value is -1.87. The van der Waals surface area contributed by atoms with Crippen molar-refractivity contribution in [3.8, 4) is 0 Å². The Kier molecular flexibility index (Phi) is 11.4. The molecule has 0 spiro atoms. The van der Waals surface area contributed by atoms with Gasteiger partial charge in [0.1, 0.15) is 5.60 Å². The number of rotatable bonds is 3. The third-order valence-electron chi connectivity index (χ3n) is 5.59. The van der Waals surface area contributed by atoms with Crippen molar-refractivity contribution in [1.82, 2.24) is 15.1 Å². The molecule has 0 atom stereocenters. The van der Waals surface area contributed by atoms with Gasteiger partial charge in [0.25, 0.3) is 0 Å². The first-order valence-corrected chi connectivity index (χ1v) is 11.8. The third kappa shape index (κ3) is 9.88. The van der Waals surface area contributed by atoms with Gasteiger partial charge in [-0.3, -0.25) is 4.90 Å². The van der Waals surface area contributed by atoms with Crippen molar-refractivity contribution in [3.63, 3.8) is 0 Å². The van der Waals surface area contributed by atoms with E-state index in [9.17, 15) is 4.79 Å². The summed E-state index contributed by atoms with van der Waals surface area (Å²) in [5.74, 6) is 0. The molecule has 4 rings (SSSR count). The van der Waals surface area contributed by atoms with Gasteiger partial charge in [-0.1, -0.05) is 19.6 Å². The molecule has 8 nitrogen and oxygen atoms in total. The Morgan fingerprint density at radius 1 is 0.909 bits per heavy atom. The first kappa shape index (κ1) is 27.4. The number of morpholine rings is 2. The Bertz CT molecular complexity index is 663. The van der Waals surface area contributed by atoms with Crippen LogP contribution in [0.15, 0.2) is 24.3 Å². The molecule has 0 bridgehead atoms. The van der Waals surface area contributed by atoms with Crippen LogP contribution in [0.3, 0.4) is 0 Å². The van der Waals surface area contributed by atoms with E-state index in [2.05, 4.69) is 39.4 Å². The molecule has 0 radical (unpaired) electrons. The van der Waals surface area contributed by atoms with Crippen LogP contribution in [0, 0.1) is 0 Å². The highest BCUT2D eigenvalue weighted by Crippen LogP contribution is 2.19. The van der Waals surface area contributed by atoms with Gasteiger partial charge in [-0.05, 0) is 38.5 Å². The molecule has 1 aromatic rings. The van der Waals surface area contributed by atoms with Crippen molar-refractivity contribution < 1.29 is 19.0 Å². The first-order valence-electron chi connectivity index (χ1n) is 11.8. The van der Waals surface area contributed by atoms with Crippen LogP contribution in [0.5, 0.6) is 0 Å². The molecule has 0 saturated carbocycles. The maximum atomic E-state index is 12.2. The summed E-state index contributed by atoms with van der Waals surface area (Å²) >= 11 is 0. The monoisotopic (exact) mass is 464 g/mol. The Balaban J connectivity index is 0.000000479. The quantitative estimate of drug-likeness (QED) is 0.738. The average Bonchev–Trinajstić information content (AvgIpc) is 2.81. The molecule has 3 aliphatic rings. The van der Waals surface area contributed by atoms with Crippen molar-refractivity contribution in [2.45, 2.75) is 40.3 Å². The fraction of sp³-hybridized carbons (Fsp3) is 0.720. The summed E-state index contributed by atoms with van der Waals surface area (Å²) in [6.45, 7) is 17.3. The van der Waals surface area contributed by atoms with Gasteiger partial charge in [-0.15, -0.1) is 0 Å². The maximum Gasteiger partial charge on any atom is 0.410 e. The zero-order chi connectivity index (χ0) is 22.8. The number of nitrogens with zero attached hydrogens (tertiary/aromatic N) is 3. The van der Waals surface area contributed by atoms with Gasteiger partial charge in [0, 0.05) is 64.6 Å². The molecule has 0 unspecified atom stereocenters. The standard InChI is InChI=1S/C20H31N3O3.C4H9NO.CH4/c1-20(2,3)26-19(24)23-10-8-22(9-11-23)18-6-4-17(5-7-18)16-21-12-14-25-15-13-21;1-3-6-4-2-5-1;/h4-7H,8-16H2,1-3H3;5H,1-4H2;1H4. The highest BCUT2D eigenvalue weighted by Gasteiger charge is 2.26. The summed E-state index contributed by atoms with van der Waals surface area (Å²) in [5, 5.41) is 3.16. The van der Waals surface area contributed by atoms with E-state index in [1.54, 1.807) is 4.90 Å². The van der Waals surface area contributed by atoms with Gasteiger partial charge in [-0.25, -0.2) is 4.79 Å². The molecule has 1 aromatic carbocycles. The van der Waals surface area contributed by atoms with Crippen LogP contribution in [0.2, 0.25) is 0 Å². The van der Waals surface area contributed by atoms with Crippen molar-refractivity contribution >= 4 is 11.8 Å². The molecule has 33 heavy (non-hydrogen) atoms. The highest BCUT2D eigenvalue weighted by atomic mass is 16.6. The van der Waals surface area contributed by atoms with Gasteiger partial charge >= 0.3 is 6.09 Å². The minimum Gasteiger partial charge on any atom is -0.444 e.